The molecule has 2 rings (SSSR count). The van der Waals surface area contributed by atoms with E-state index in [1.54, 1.807) is 0 Å². The van der Waals surface area contributed by atoms with E-state index in [4.69, 9.17) is 9.52 Å². The molecule has 0 spiro atoms. The SMILES string of the molecule is O=C(O)Cn1cc(CNC(=O)c2ccoc2)nn1. The van der Waals surface area contributed by atoms with E-state index >= 15 is 0 Å². The second-order valence-corrected chi connectivity index (χ2v) is 3.50. The molecule has 2 aromatic rings. The van der Waals surface area contributed by atoms with Crippen LogP contribution in [0, 0.1) is 0 Å². The van der Waals surface area contributed by atoms with Crippen LogP contribution in [0.25, 0.3) is 0 Å². The van der Waals surface area contributed by atoms with Crippen LogP contribution in [0.5, 0.6) is 0 Å². The number of amides is 1. The first-order valence-corrected chi connectivity index (χ1v) is 5.06. The van der Waals surface area contributed by atoms with Crippen molar-refractivity contribution >= 4 is 11.9 Å². The van der Waals surface area contributed by atoms with Gasteiger partial charge in [-0.05, 0) is 6.07 Å². The van der Waals surface area contributed by atoms with E-state index in [1.165, 1.54) is 29.5 Å². The molecule has 0 aliphatic carbocycles. The van der Waals surface area contributed by atoms with E-state index in [-0.39, 0.29) is 19.0 Å². The average molecular weight is 250 g/mol. The van der Waals surface area contributed by atoms with Crippen LogP contribution in [-0.4, -0.2) is 32.0 Å². The molecule has 0 saturated carbocycles. The summed E-state index contributed by atoms with van der Waals surface area (Å²) in [4.78, 5) is 22.0. The fourth-order valence-corrected chi connectivity index (χ4v) is 1.30. The Hall–Kier alpha value is -2.64. The number of hydrogen-bond acceptors (Lipinski definition) is 5. The Bertz CT molecular complexity index is 546. The summed E-state index contributed by atoms with van der Waals surface area (Å²) in [6.45, 7) is -0.0910. The van der Waals surface area contributed by atoms with Gasteiger partial charge in [-0.3, -0.25) is 9.59 Å². The number of rotatable bonds is 5. The lowest BCUT2D eigenvalue weighted by atomic mass is 10.3. The summed E-state index contributed by atoms with van der Waals surface area (Å²) >= 11 is 0. The summed E-state index contributed by atoms with van der Waals surface area (Å²) in [6.07, 6.45) is 4.19. The number of nitrogens with one attached hydrogen (secondary N) is 1. The molecule has 2 N–H and O–H groups in total. The summed E-state index contributed by atoms with van der Waals surface area (Å²) in [5.74, 6) is -1.30. The van der Waals surface area contributed by atoms with E-state index in [9.17, 15) is 9.59 Å². The summed E-state index contributed by atoms with van der Waals surface area (Å²) in [5, 5.41) is 18.5. The van der Waals surface area contributed by atoms with Gasteiger partial charge in [0.05, 0.1) is 24.6 Å². The van der Waals surface area contributed by atoms with Crippen LogP contribution in [0.3, 0.4) is 0 Å². The molecule has 0 saturated heterocycles. The maximum Gasteiger partial charge on any atom is 0.325 e. The van der Waals surface area contributed by atoms with Crippen molar-refractivity contribution in [3.05, 3.63) is 36.0 Å². The van der Waals surface area contributed by atoms with Gasteiger partial charge in [-0.15, -0.1) is 5.10 Å². The van der Waals surface area contributed by atoms with Crippen molar-refractivity contribution in [2.45, 2.75) is 13.1 Å². The van der Waals surface area contributed by atoms with Crippen molar-refractivity contribution in [1.82, 2.24) is 20.3 Å². The summed E-state index contributed by atoms with van der Waals surface area (Å²) < 4.78 is 5.96. The first-order valence-electron chi connectivity index (χ1n) is 5.06. The van der Waals surface area contributed by atoms with Gasteiger partial charge in [-0.25, -0.2) is 4.68 Å². The quantitative estimate of drug-likeness (QED) is 0.765. The lowest BCUT2D eigenvalue weighted by Gasteiger charge is -1.99. The molecule has 0 radical (unpaired) electrons. The fourth-order valence-electron chi connectivity index (χ4n) is 1.30. The molecule has 0 unspecified atom stereocenters. The van der Waals surface area contributed by atoms with Crippen LogP contribution in [0.2, 0.25) is 0 Å². The minimum absolute atomic E-state index is 0.170. The Labute approximate surface area is 101 Å². The second kappa shape index (κ2) is 5.13. The van der Waals surface area contributed by atoms with Gasteiger partial charge in [0.15, 0.2) is 0 Å². The number of carbonyl (C=O) groups is 2. The lowest BCUT2D eigenvalue weighted by molar-refractivity contribution is -0.137. The highest BCUT2D eigenvalue weighted by atomic mass is 16.4. The number of aromatic nitrogens is 3. The maximum absolute atomic E-state index is 11.5. The molecule has 1 amide bonds. The van der Waals surface area contributed by atoms with Crippen LogP contribution < -0.4 is 5.32 Å². The van der Waals surface area contributed by atoms with Gasteiger partial charge in [0.1, 0.15) is 18.5 Å². The predicted molar refractivity (Wildman–Crippen MR) is 57.5 cm³/mol. The molecule has 0 fully saturated rings. The highest BCUT2D eigenvalue weighted by Gasteiger charge is 2.08. The third-order valence-corrected chi connectivity index (χ3v) is 2.10. The van der Waals surface area contributed by atoms with E-state index in [0.29, 0.717) is 11.3 Å². The summed E-state index contributed by atoms with van der Waals surface area (Å²) in [5.41, 5.74) is 0.890. The zero-order chi connectivity index (χ0) is 13.0. The zero-order valence-electron chi connectivity index (χ0n) is 9.24. The molecular weight excluding hydrogens is 240 g/mol. The standard InChI is InChI=1S/C10H10N4O4/c15-9(16)5-14-4-8(12-13-14)3-11-10(17)7-1-2-18-6-7/h1-2,4,6H,3,5H2,(H,11,17)(H,15,16). The topological polar surface area (TPSA) is 110 Å². The van der Waals surface area contributed by atoms with Crippen LogP contribution in [0.15, 0.2) is 29.2 Å². The number of carboxylic acid groups (broad SMARTS) is 1. The number of aliphatic carboxylic acids is 1. The smallest absolute Gasteiger partial charge is 0.325 e. The number of nitrogens with zero attached hydrogens (tertiary/aromatic N) is 3. The maximum atomic E-state index is 11.5. The van der Waals surface area contributed by atoms with Gasteiger partial charge >= 0.3 is 5.97 Å². The fraction of sp³-hybridized carbons (Fsp3) is 0.200. The van der Waals surface area contributed by atoms with Crippen LogP contribution in [0.1, 0.15) is 16.1 Å². The molecule has 2 aromatic heterocycles. The molecule has 94 valence electrons. The highest BCUT2D eigenvalue weighted by Crippen LogP contribution is 2.00. The molecule has 0 aromatic carbocycles. The van der Waals surface area contributed by atoms with Crippen molar-refractivity contribution < 1.29 is 19.1 Å². The van der Waals surface area contributed by atoms with Gasteiger partial charge in [0, 0.05) is 0 Å². The summed E-state index contributed by atoms with van der Waals surface area (Å²) in [6, 6.07) is 1.54. The number of hydrogen-bond donors (Lipinski definition) is 2. The van der Waals surface area contributed by atoms with E-state index in [0.717, 1.165) is 0 Å². The van der Waals surface area contributed by atoms with Crippen molar-refractivity contribution in [2.24, 2.45) is 0 Å². The van der Waals surface area contributed by atoms with Gasteiger partial charge in [0.25, 0.3) is 5.91 Å². The molecule has 8 heteroatoms. The molecule has 8 nitrogen and oxygen atoms in total. The average Bonchev–Trinajstić information content (AvgIpc) is 2.95. The minimum Gasteiger partial charge on any atom is -0.480 e. The van der Waals surface area contributed by atoms with Crippen LogP contribution in [-0.2, 0) is 17.9 Å². The van der Waals surface area contributed by atoms with E-state index < -0.39 is 5.97 Å². The normalized spacial score (nSPS) is 10.2. The molecule has 0 atom stereocenters. The molecule has 0 bridgehead atoms. The monoisotopic (exact) mass is 250 g/mol. The van der Waals surface area contributed by atoms with Gasteiger partial charge in [-0.1, -0.05) is 5.21 Å². The lowest BCUT2D eigenvalue weighted by Crippen LogP contribution is -2.22. The van der Waals surface area contributed by atoms with Crippen molar-refractivity contribution in [2.75, 3.05) is 0 Å². The largest absolute Gasteiger partial charge is 0.480 e. The van der Waals surface area contributed by atoms with Crippen molar-refractivity contribution in [3.8, 4) is 0 Å². The Morgan fingerprint density at radius 3 is 3.00 bits per heavy atom. The first-order chi connectivity index (χ1) is 8.65. The van der Waals surface area contributed by atoms with Crippen LogP contribution in [0.4, 0.5) is 0 Å². The number of carboxylic acids is 1. The predicted octanol–water partition coefficient (Wildman–Crippen LogP) is -0.114. The zero-order valence-corrected chi connectivity index (χ0v) is 9.24. The Morgan fingerprint density at radius 2 is 2.33 bits per heavy atom. The Balaban J connectivity index is 1.88. The van der Waals surface area contributed by atoms with Gasteiger partial charge in [0.2, 0.25) is 0 Å². The minimum atomic E-state index is -1.01. The van der Waals surface area contributed by atoms with E-state index in [2.05, 4.69) is 15.6 Å². The molecule has 18 heavy (non-hydrogen) atoms. The summed E-state index contributed by atoms with van der Waals surface area (Å²) in [7, 11) is 0. The molecule has 2 heterocycles. The molecular formula is C10H10N4O4. The van der Waals surface area contributed by atoms with Crippen molar-refractivity contribution in [1.29, 1.82) is 0 Å². The Kier molecular flexibility index (Phi) is 3.37. The van der Waals surface area contributed by atoms with Crippen molar-refractivity contribution in [3.63, 3.8) is 0 Å². The third-order valence-electron chi connectivity index (χ3n) is 2.10. The first kappa shape index (κ1) is 11.8. The number of furan rings is 1. The Morgan fingerprint density at radius 1 is 1.50 bits per heavy atom. The second-order valence-electron chi connectivity index (χ2n) is 3.50. The van der Waals surface area contributed by atoms with Crippen LogP contribution >= 0.6 is 0 Å². The molecule has 0 aliphatic heterocycles. The molecule has 0 aliphatic rings. The third kappa shape index (κ3) is 2.94. The van der Waals surface area contributed by atoms with E-state index in [1.807, 2.05) is 0 Å². The van der Waals surface area contributed by atoms with Gasteiger partial charge in [-0.2, -0.15) is 0 Å². The highest BCUT2D eigenvalue weighted by molar-refractivity contribution is 5.93. The number of carbonyl (C=O) groups excluding carboxylic acids is 1. The van der Waals surface area contributed by atoms with Gasteiger partial charge < -0.3 is 14.8 Å².